The molecule has 1 heterocycles. The van der Waals surface area contributed by atoms with Crippen molar-refractivity contribution in [3.63, 3.8) is 0 Å². The molecule has 0 unspecified atom stereocenters. The molecule has 1 aliphatic rings. The Morgan fingerprint density at radius 3 is 2.75 bits per heavy atom. The van der Waals surface area contributed by atoms with E-state index < -0.39 is 5.60 Å². The molecule has 1 saturated heterocycles. The van der Waals surface area contributed by atoms with Crippen LogP contribution in [-0.4, -0.2) is 44.6 Å². The summed E-state index contributed by atoms with van der Waals surface area (Å²) in [6, 6.07) is 5.87. The topological polar surface area (TPSA) is 44.7 Å². The first-order chi connectivity index (χ1) is 9.54. The molecule has 20 heavy (non-hydrogen) atoms. The van der Waals surface area contributed by atoms with Crippen molar-refractivity contribution in [2.75, 3.05) is 38.8 Å². The van der Waals surface area contributed by atoms with Crippen LogP contribution in [0, 0.1) is 0 Å². The lowest BCUT2D eigenvalue weighted by molar-refractivity contribution is -0.0572. The Bertz CT molecular complexity index is 447. The Balaban J connectivity index is 2.13. The highest BCUT2D eigenvalue weighted by molar-refractivity contribution is 6.30. The van der Waals surface area contributed by atoms with Crippen molar-refractivity contribution in [1.29, 1.82) is 0 Å². The minimum Gasteiger partial charge on any atom is -0.388 e. The summed E-state index contributed by atoms with van der Waals surface area (Å²) in [6.45, 7) is 2.62. The monoisotopic (exact) mass is 298 g/mol. The lowest BCUT2D eigenvalue weighted by atomic mass is 9.93. The van der Waals surface area contributed by atoms with Crippen molar-refractivity contribution >= 4 is 17.3 Å². The Morgan fingerprint density at radius 2 is 2.10 bits per heavy atom. The predicted octanol–water partition coefficient (Wildman–Crippen LogP) is 2.04. The summed E-state index contributed by atoms with van der Waals surface area (Å²) in [5, 5.41) is 14.5. The molecule has 1 fully saturated rings. The van der Waals surface area contributed by atoms with E-state index in [4.69, 9.17) is 16.3 Å². The van der Waals surface area contributed by atoms with Crippen LogP contribution in [0.4, 0.5) is 5.69 Å². The van der Waals surface area contributed by atoms with Gasteiger partial charge >= 0.3 is 0 Å². The van der Waals surface area contributed by atoms with Gasteiger partial charge in [-0.3, -0.25) is 0 Å². The highest BCUT2D eigenvalue weighted by Crippen LogP contribution is 2.27. The third kappa shape index (κ3) is 3.85. The highest BCUT2D eigenvalue weighted by atomic mass is 35.5. The van der Waals surface area contributed by atoms with Gasteiger partial charge in [0, 0.05) is 56.9 Å². The Labute approximate surface area is 125 Å². The maximum Gasteiger partial charge on any atom is 0.0865 e. The zero-order valence-electron chi connectivity index (χ0n) is 12.2. The summed E-state index contributed by atoms with van der Waals surface area (Å²) < 4.78 is 5.32. The van der Waals surface area contributed by atoms with E-state index in [-0.39, 0.29) is 0 Å². The summed E-state index contributed by atoms with van der Waals surface area (Å²) in [7, 11) is 3.92. The summed E-state index contributed by atoms with van der Waals surface area (Å²) >= 11 is 6.06. The van der Waals surface area contributed by atoms with Gasteiger partial charge in [-0.2, -0.15) is 0 Å². The lowest BCUT2D eigenvalue weighted by Gasteiger charge is -2.36. The molecule has 5 heteroatoms. The van der Waals surface area contributed by atoms with Crippen LogP contribution in [0.25, 0.3) is 0 Å². The predicted molar refractivity (Wildman–Crippen MR) is 82.5 cm³/mol. The Morgan fingerprint density at radius 1 is 1.40 bits per heavy atom. The molecule has 112 valence electrons. The number of hydrogen-bond acceptors (Lipinski definition) is 4. The van der Waals surface area contributed by atoms with Crippen LogP contribution in [-0.2, 0) is 11.3 Å². The van der Waals surface area contributed by atoms with E-state index in [1.165, 1.54) is 0 Å². The molecule has 0 saturated carbocycles. The van der Waals surface area contributed by atoms with Gasteiger partial charge in [0.1, 0.15) is 0 Å². The first kappa shape index (κ1) is 15.6. The second kappa shape index (κ2) is 6.76. The summed E-state index contributed by atoms with van der Waals surface area (Å²) in [5.74, 6) is 0. The van der Waals surface area contributed by atoms with Gasteiger partial charge in [0.2, 0.25) is 0 Å². The number of rotatable bonds is 5. The highest BCUT2D eigenvalue weighted by Gasteiger charge is 2.31. The maximum atomic E-state index is 10.6. The zero-order chi connectivity index (χ0) is 14.6. The molecule has 0 aromatic heterocycles. The van der Waals surface area contributed by atoms with E-state index in [1.807, 2.05) is 32.3 Å². The molecular formula is C15H23ClN2O2. The lowest BCUT2D eigenvalue weighted by Crippen LogP contribution is -2.46. The van der Waals surface area contributed by atoms with E-state index in [1.54, 1.807) is 0 Å². The van der Waals surface area contributed by atoms with Crippen molar-refractivity contribution in [2.24, 2.45) is 0 Å². The van der Waals surface area contributed by atoms with Crippen LogP contribution in [0.2, 0.25) is 5.02 Å². The number of aliphatic hydroxyl groups is 1. The molecule has 0 atom stereocenters. The average Bonchev–Trinajstić information content (AvgIpc) is 2.39. The third-order valence-corrected chi connectivity index (χ3v) is 4.01. The van der Waals surface area contributed by atoms with E-state index >= 15 is 0 Å². The average molecular weight is 299 g/mol. The van der Waals surface area contributed by atoms with Crippen LogP contribution in [0.3, 0.4) is 0 Å². The third-order valence-electron chi connectivity index (χ3n) is 3.78. The normalized spacial score (nSPS) is 18.0. The molecule has 1 aromatic carbocycles. The number of nitrogens with zero attached hydrogens (tertiary/aromatic N) is 1. The number of nitrogens with one attached hydrogen (secondary N) is 1. The number of anilines is 1. The van der Waals surface area contributed by atoms with Crippen molar-refractivity contribution in [3.05, 3.63) is 28.8 Å². The molecule has 0 amide bonds. The van der Waals surface area contributed by atoms with Gasteiger partial charge in [0.05, 0.1) is 5.60 Å². The van der Waals surface area contributed by atoms with E-state index in [2.05, 4.69) is 10.2 Å². The molecule has 2 rings (SSSR count). The summed E-state index contributed by atoms with van der Waals surface area (Å²) in [4.78, 5) is 2.11. The summed E-state index contributed by atoms with van der Waals surface area (Å²) in [6.07, 6.45) is 1.37. The first-order valence-corrected chi connectivity index (χ1v) is 7.36. The van der Waals surface area contributed by atoms with Crippen molar-refractivity contribution in [3.8, 4) is 0 Å². The van der Waals surface area contributed by atoms with Crippen LogP contribution in [0.15, 0.2) is 18.2 Å². The Kier molecular flexibility index (Phi) is 5.27. The molecule has 0 bridgehead atoms. The number of hydrogen-bond donors (Lipinski definition) is 2. The molecule has 0 spiro atoms. The summed E-state index contributed by atoms with van der Waals surface area (Å²) in [5.41, 5.74) is 1.57. The molecule has 4 nitrogen and oxygen atoms in total. The fourth-order valence-electron chi connectivity index (χ4n) is 2.69. The van der Waals surface area contributed by atoms with Gasteiger partial charge < -0.3 is 20.1 Å². The number of halogens is 1. The van der Waals surface area contributed by atoms with E-state index in [0.717, 1.165) is 22.8 Å². The maximum absolute atomic E-state index is 10.6. The standard InChI is InChI=1S/C15H23ClN2O2/c1-17-10-12-9-13(16)3-4-14(12)18(2)11-15(19)5-7-20-8-6-15/h3-4,9,17,19H,5-8,10-11H2,1-2H3. The van der Waals surface area contributed by atoms with Crippen LogP contribution >= 0.6 is 11.6 Å². The minimum absolute atomic E-state index is 0.606. The van der Waals surface area contributed by atoms with E-state index in [9.17, 15) is 5.11 Å². The quantitative estimate of drug-likeness (QED) is 0.873. The SMILES string of the molecule is CNCc1cc(Cl)ccc1N(C)CC1(O)CCOCC1. The van der Waals surface area contributed by atoms with Gasteiger partial charge in [-0.05, 0) is 30.8 Å². The van der Waals surface area contributed by atoms with Crippen LogP contribution in [0.1, 0.15) is 18.4 Å². The van der Waals surface area contributed by atoms with Crippen LogP contribution < -0.4 is 10.2 Å². The first-order valence-electron chi connectivity index (χ1n) is 6.98. The van der Waals surface area contributed by atoms with Crippen molar-refractivity contribution in [1.82, 2.24) is 5.32 Å². The van der Waals surface area contributed by atoms with Gasteiger partial charge in [-0.1, -0.05) is 11.6 Å². The second-order valence-corrected chi connectivity index (χ2v) is 5.93. The minimum atomic E-state index is -0.663. The Hall–Kier alpha value is -0.810. The van der Waals surface area contributed by atoms with Gasteiger partial charge in [0.25, 0.3) is 0 Å². The second-order valence-electron chi connectivity index (χ2n) is 5.50. The molecule has 1 aliphatic heterocycles. The van der Waals surface area contributed by atoms with Gasteiger partial charge in [0.15, 0.2) is 0 Å². The molecular weight excluding hydrogens is 276 g/mol. The smallest absolute Gasteiger partial charge is 0.0865 e. The molecule has 0 aliphatic carbocycles. The van der Waals surface area contributed by atoms with Crippen LogP contribution in [0.5, 0.6) is 0 Å². The van der Waals surface area contributed by atoms with E-state index in [0.29, 0.717) is 32.6 Å². The van der Waals surface area contributed by atoms with Gasteiger partial charge in [-0.25, -0.2) is 0 Å². The molecule has 2 N–H and O–H groups in total. The number of ether oxygens (including phenoxy) is 1. The molecule has 0 radical (unpaired) electrons. The van der Waals surface area contributed by atoms with Gasteiger partial charge in [-0.15, -0.1) is 0 Å². The van der Waals surface area contributed by atoms with Crippen molar-refractivity contribution < 1.29 is 9.84 Å². The van der Waals surface area contributed by atoms with Crippen molar-refractivity contribution in [2.45, 2.75) is 25.0 Å². The number of benzene rings is 1. The fourth-order valence-corrected chi connectivity index (χ4v) is 2.89. The largest absolute Gasteiger partial charge is 0.388 e. The fraction of sp³-hybridized carbons (Fsp3) is 0.600. The zero-order valence-corrected chi connectivity index (χ0v) is 12.9. The number of likely N-dealkylation sites (N-methyl/N-ethyl adjacent to an activating group) is 1. The molecule has 1 aromatic rings.